The Labute approximate surface area is 93.5 Å². The number of rotatable bonds is 1. The monoisotopic (exact) mass is 223 g/mol. The highest BCUT2D eigenvalue weighted by atomic mass is 32.2. The van der Waals surface area contributed by atoms with Gasteiger partial charge in [0.1, 0.15) is 0 Å². The molecule has 0 aliphatic carbocycles. The van der Waals surface area contributed by atoms with Crippen LogP contribution in [0, 0.1) is 6.92 Å². The molecule has 0 aromatic heterocycles. The maximum absolute atomic E-state index is 12.1. The molecule has 1 aromatic rings. The lowest BCUT2D eigenvalue weighted by Gasteiger charge is -2.17. The third kappa shape index (κ3) is 1.99. The fourth-order valence-corrected chi connectivity index (χ4v) is 3.77. The lowest BCUT2D eigenvalue weighted by Crippen LogP contribution is -2.16. The second-order valence-corrected chi connectivity index (χ2v) is 5.53. The SMILES string of the molecule is CNC1CCCS(=O)c2c(C)cccc21. The van der Waals surface area contributed by atoms with Crippen molar-refractivity contribution in [2.24, 2.45) is 0 Å². The van der Waals surface area contributed by atoms with Gasteiger partial charge in [0.2, 0.25) is 0 Å². The molecule has 0 fully saturated rings. The molecule has 2 nitrogen and oxygen atoms in total. The minimum atomic E-state index is -0.806. The third-order valence-corrected chi connectivity index (χ3v) is 4.69. The zero-order chi connectivity index (χ0) is 10.8. The van der Waals surface area contributed by atoms with Gasteiger partial charge in [0.15, 0.2) is 0 Å². The van der Waals surface area contributed by atoms with Gasteiger partial charge in [0.25, 0.3) is 0 Å². The average Bonchev–Trinajstić information content (AvgIpc) is 2.39. The quantitative estimate of drug-likeness (QED) is 0.790. The number of aryl methyl sites for hydroxylation is 1. The summed E-state index contributed by atoms with van der Waals surface area (Å²) in [5.74, 6) is 0.802. The predicted molar refractivity (Wildman–Crippen MR) is 63.5 cm³/mol. The Kier molecular flexibility index (Phi) is 3.22. The highest BCUT2D eigenvalue weighted by Gasteiger charge is 2.22. The molecule has 0 saturated carbocycles. The van der Waals surface area contributed by atoms with Crippen molar-refractivity contribution < 1.29 is 4.21 Å². The van der Waals surface area contributed by atoms with Crippen molar-refractivity contribution in [3.8, 4) is 0 Å². The summed E-state index contributed by atoms with van der Waals surface area (Å²) in [6.07, 6.45) is 2.12. The zero-order valence-electron chi connectivity index (χ0n) is 9.25. The summed E-state index contributed by atoms with van der Waals surface area (Å²) < 4.78 is 12.1. The molecule has 15 heavy (non-hydrogen) atoms. The van der Waals surface area contributed by atoms with Crippen LogP contribution in [0.1, 0.15) is 30.0 Å². The molecule has 2 unspecified atom stereocenters. The fraction of sp³-hybridized carbons (Fsp3) is 0.500. The average molecular weight is 223 g/mol. The van der Waals surface area contributed by atoms with E-state index in [-0.39, 0.29) is 0 Å². The first-order valence-corrected chi connectivity index (χ1v) is 6.71. The molecule has 0 amide bonds. The van der Waals surface area contributed by atoms with Gasteiger partial charge < -0.3 is 5.32 Å². The van der Waals surface area contributed by atoms with Gasteiger partial charge in [-0.15, -0.1) is 0 Å². The molecule has 1 N–H and O–H groups in total. The second kappa shape index (κ2) is 4.45. The summed E-state index contributed by atoms with van der Waals surface area (Å²) >= 11 is 0. The number of hydrogen-bond donors (Lipinski definition) is 1. The van der Waals surface area contributed by atoms with Crippen LogP contribution in [-0.4, -0.2) is 17.0 Å². The Morgan fingerprint density at radius 1 is 1.47 bits per heavy atom. The largest absolute Gasteiger partial charge is 0.313 e. The van der Waals surface area contributed by atoms with Crippen molar-refractivity contribution in [1.29, 1.82) is 0 Å². The van der Waals surface area contributed by atoms with Gasteiger partial charge in [-0.2, -0.15) is 0 Å². The van der Waals surface area contributed by atoms with Crippen LogP contribution >= 0.6 is 0 Å². The maximum Gasteiger partial charge on any atom is 0.0535 e. The molecule has 1 aliphatic rings. The van der Waals surface area contributed by atoms with Crippen LogP contribution in [0.3, 0.4) is 0 Å². The van der Waals surface area contributed by atoms with E-state index in [1.165, 1.54) is 5.56 Å². The minimum absolute atomic E-state index is 0.367. The summed E-state index contributed by atoms with van der Waals surface area (Å²) in [5.41, 5.74) is 2.39. The lowest BCUT2D eigenvalue weighted by atomic mass is 10.0. The Morgan fingerprint density at radius 2 is 2.27 bits per heavy atom. The summed E-state index contributed by atoms with van der Waals surface area (Å²) in [6.45, 7) is 2.05. The van der Waals surface area contributed by atoms with E-state index in [1.807, 2.05) is 7.05 Å². The molecular weight excluding hydrogens is 206 g/mol. The molecule has 0 radical (unpaired) electrons. The molecule has 3 heteroatoms. The van der Waals surface area contributed by atoms with E-state index in [4.69, 9.17) is 0 Å². The Hall–Kier alpha value is -0.670. The third-order valence-electron chi connectivity index (χ3n) is 3.02. The van der Waals surface area contributed by atoms with E-state index in [2.05, 4.69) is 30.4 Å². The van der Waals surface area contributed by atoms with Gasteiger partial charge >= 0.3 is 0 Å². The van der Waals surface area contributed by atoms with Crippen molar-refractivity contribution in [2.45, 2.75) is 30.7 Å². The van der Waals surface area contributed by atoms with Crippen LogP contribution in [0.5, 0.6) is 0 Å². The highest BCUT2D eigenvalue weighted by molar-refractivity contribution is 7.85. The molecule has 0 bridgehead atoms. The normalized spacial score (nSPS) is 25.7. The highest BCUT2D eigenvalue weighted by Crippen LogP contribution is 2.30. The fourth-order valence-electron chi connectivity index (χ4n) is 2.24. The topological polar surface area (TPSA) is 29.1 Å². The van der Waals surface area contributed by atoms with Crippen LogP contribution in [0.25, 0.3) is 0 Å². The van der Waals surface area contributed by atoms with Crippen LogP contribution < -0.4 is 5.32 Å². The first kappa shape index (κ1) is 10.8. The van der Waals surface area contributed by atoms with Gasteiger partial charge in [-0.3, -0.25) is 4.21 Å². The van der Waals surface area contributed by atoms with E-state index in [0.29, 0.717) is 6.04 Å². The van der Waals surface area contributed by atoms with Crippen LogP contribution in [0.2, 0.25) is 0 Å². The molecule has 82 valence electrons. The van der Waals surface area contributed by atoms with Crippen LogP contribution in [-0.2, 0) is 10.8 Å². The summed E-state index contributed by atoms with van der Waals surface area (Å²) in [5, 5.41) is 3.31. The first-order chi connectivity index (χ1) is 7.24. The Bertz CT molecular complexity index is 389. The van der Waals surface area contributed by atoms with Crippen molar-refractivity contribution in [3.05, 3.63) is 29.3 Å². The Morgan fingerprint density at radius 3 is 3.00 bits per heavy atom. The second-order valence-electron chi connectivity index (χ2n) is 4.03. The van der Waals surface area contributed by atoms with E-state index in [9.17, 15) is 4.21 Å². The van der Waals surface area contributed by atoms with Gasteiger partial charge in [0.05, 0.1) is 10.8 Å². The van der Waals surface area contributed by atoms with Gasteiger partial charge in [-0.1, -0.05) is 18.2 Å². The van der Waals surface area contributed by atoms with Gasteiger partial charge in [-0.05, 0) is 37.9 Å². The van der Waals surface area contributed by atoms with E-state index < -0.39 is 10.8 Å². The summed E-state index contributed by atoms with van der Waals surface area (Å²) in [7, 11) is 1.17. The van der Waals surface area contributed by atoms with Gasteiger partial charge in [-0.25, -0.2) is 0 Å². The molecule has 2 atom stereocenters. The number of nitrogens with one attached hydrogen (secondary N) is 1. The summed E-state index contributed by atoms with van der Waals surface area (Å²) in [6, 6.07) is 6.58. The van der Waals surface area contributed by atoms with Gasteiger partial charge in [0, 0.05) is 16.7 Å². The lowest BCUT2D eigenvalue weighted by molar-refractivity contribution is 0.540. The van der Waals surface area contributed by atoms with Crippen molar-refractivity contribution >= 4 is 10.8 Å². The number of benzene rings is 1. The molecular formula is C12H17NOS. The minimum Gasteiger partial charge on any atom is -0.313 e. The summed E-state index contributed by atoms with van der Waals surface area (Å²) in [4.78, 5) is 1.06. The van der Waals surface area contributed by atoms with E-state index >= 15 is 0 Å². The molecule has 0 spiro atoms. The first-order valence-electron chi connectivity index (χ1n) is 5.39. The maximum atomic E-state index is 12.1. The standard InChI is InChI=1S/C12H17NOS/c1-9-5-3-6-10-11(13-2)7-4-8-15(14)12(9)10/h3,5-6,11,13H,4,7-8H2,1-2H3. The Balaban J connectivity index is 2.56. The molecule has 1 aromatic carbocycles. The molecule has 2 rings (SSSR count). The van der Waals surface area contributed by atoms with Crippen molar-refractivity contribution in [2.75, 3.05) is 12.8 Å². The van der Waals surface area contributed by atoms with Crippen LogP contribution in [0.4, 0.5) is 0 Å². The van der Waals surface area contributed by atoms with Crippen molar-refractivity contribution in [3.63, 3.8) is 0 Å². The molecule has 1 heterocycles. The zero-order valence-corrected chi connectivity index (χ0v) is 10.1. The van der Waals surface area contributed by atoms with Crippen molar-refractivity contribution in [1.82, 2.24) is 5.32 Å². The predicted octanol–water partition coefficient (Wildman–Crippen LogP) is 2.16. The molecule has 1 aliphatic heterocycles. The smallest absolute Gasteiger partial charge is 0.0535 e. The van der Waals surface area contributed by atoms with E-state index in [1.54, 1.807) is 0 Å². The number of hydrogen-bond acceptors (Lipinski definition) is 2. The molecule has 0 saturated heterocycles. The van der Waals surface area contributed by atoms with E-state index in [0.717, 1.165) is 29.1 Å². The van der Waals surface area contributed by atoms with Crippen LogP contribution in [0.15, 0.2) is 23.1 Å². The number of fused-ring (bicyclic) bond motifs is 1.